The maximum Gasteiger partial charge on any atom is 0.225 e. The summed E-state index contributed by atoms with van der Waals surface area (Å²) in [5, 5.41) is 7.94. The maximum atomic E-state index is 12.3. The van der Waals surface area contributed by atoms with Crippen LogP contribution in [0.4, 0.5) is 0 Å². The van der Waals surface area contributed by atoms with Crippen molar-refractivity contribution < 1.29 is 4.79 Å². The molecule has 0 bridgehead atoms. The van der Waals surface area contributed by atoms with E-state index in [1.165, 1.54) is 0 Å². The van der Waals surface area contributed by atoms with E-state index < -0.39 is 0 Å². The third kappa shape index (κ3) is 3.84. The highest BCUT2D eigenvalue weighted by Crippen LogP contribution is 2.22. The van der Waals surface area contributed by atoms with Gasteiger partial charge in [-0.2, -0.15) is 5.10 Å². The van der Waals surface area contributed by atoms with Gasteiger partial charge in [-0.15, -0.1) is 0 Å². The van der Waals surface area contributed by atoms with Gasteiger partial charge >= 0.3 is 0 Å². The Bertz CT molecular complexity index is 829. The van der Waals surface area contributed by atoms with Crippen LogP contribution in [0.15, 0.2) is 67.0 Å². The van der Waals surface area contributed by atoms with E-state index in [2.05, 4.69) is 10.4 Å². The Morgan fingerprint density at radius 2 is 1.88 bits per heavy atom. The van der Waals surface area contributed by atoms with Crippen molar-refractivity contribution in [2.75, 3.05) is 0 Å². The van der Waals surface area contributed by atoms with E-state index in [1.807, 2.05) is 67.7 Å². The number of hydrogen-bond acceptors (Lipinski definition) is 2. The molecule has 0 aliphatic rings. The summed E-state index contributed by atoms with van der Waals surface area (Å²) in [6.07, 6.45) is 3.86. The second kappa shape index (κ2) is 7.32. The fraction of sp³-hybridized carbons (Fsp3) is 0.158. The van der Waals surface area contributed by atoms with Crippen LogP contribution in [0.1, 0.15) is 24.1 Å². The topological polar surface area (TPSA) is 46.9 Å². The van der Waals surface area contributed by atoms with Gasteiger partial charge in [-0.25, -0.2) is 4.68 Å². The summed E-state index contributed by atoms with van der Waals surface area (Å²) >= 11 is 6.17. The number of benzene rings is 2. The van der Waals surface area contributed by atoms with Crippen LogP contribution < -0.4 is 5.32 Å². The molecular weight excluding hydrogens is 322 g/mol. The van der Waals surface area contributed by atoms with E-state index in [1.54, 1.807) is 10.9 Å². The van der Waals surface area contributed by atoms with Gasteiger partial charge in [0.15, 0.2) is 0 Å². The Hall–Kier alpha value is -2.59. The average molecular weight is 340 g/mol. The number of carbonyl (C=O) groups excluding carboxylic acids is 1. The van der Waals surface area contributed by atoms with Gasteiger partial charge in [-0.1, -0.05) is 48.0 Å². The predicted molar refractivity (Wildman–Crippen MR) is 95.3 cm³/mol. The van der Waals surface area contributed by atoms with Crippen LogP contribution >= 0.6 is 11.6 Å². The van der Waals surface area contributed by atoms with E-state index >= 15 is 0 Å². The fourth-order valence-electron chi connectivity index (χ4n) is 2.56. The molecule has 0 aliphatic carbocycles. The molecular formula is C19H18ClN3O. The van der Waals surface area contributed by atoms with Crippen LogP contribution in [0.3, 0.4) is 0 Å². The van der Waals surface area contributed by atoms with Gasteiger partial charge in [0.1, 0.15) is 0 Å². The number of hydrogen-bond donors (Lipinski definition) is 1. The number of halogens is 1. The molecule has 1 atom stereocenters. The monoisotopic (exact) mass is 339 g/mol. The first-order valence-corrected chi connectivity index (χ1v) is 8.14. The second-order valence-corrected chi connectivity index (χ2v) is 6.02. The molecule has 1 aromatic heterocycles. The fourth-order valence-corrected chi connectivity index (χ4v) is 2.85. The number of rotatable bonds is 5. The molecule has 1 N–H and O–H groups in total. The SMILES string of the molecule is CC(NC(=O)Cc1cnn(-c2ccccc2)c1)c1ccccc1Cl. The summed E-state index contributed by atoms with van der Waals surface area (Å²) in [5.74, 6) is -0.0602. The molecule has 0 saturated heterocycles. The minimum Gasteiger partial charge on any atom is -0.349 e. The minimum atomic E-state index is -0.143. The Kier molecular flexibility index (Phi) is 4.96. The van der Waals surface area contributed by atoms with E-state index in [-0.39, 0.29) is 18.4 Å². The van der Waals surface area contributed by atoms with Crippen molar-refractivity contribution in [3.8, 4) is 5.69 Å². The summed E-state index contributed by atoms with van der Waals surface area (Å²) in [5.41, 5.74) is 2.74. The zero-order chi connectivity index (χ0) is 16.9. The maximum absolute atomic E-state index is 12.3. The number of carbonyl (C=O) groups is 1. The van der Waals surface area contributed by atoms with Gasteiger partial charge in [0.2, 0.25) is 5.91 Å². The lowest BCUT2D eigenvalue weighted by atomic mass is 10.1. The zero-order valence-corrected chi connectivity index (χ0v) is 14.1. The van der Waals surface area contributed by atoms with Crippen molar-refractivity contribution in [2.24, 2.45) is 0 Å². The van der Waals surface area contributed by atoms with Gasteiger partial charge in [0.25, 0.3) is 0 Å². The Morgan fingerprint density at radius 1 is 1.17 bits per heavy atom. The molecule has 2 aromatic carbocycles. The molecule has 5 heteroatoms. The van der Waals surface area contributed by atoms with E-state index in [9.17, 15) is 4.79 Å². The lowest BCUT2D eigenvalue weighted by Gasteiger charge is -2.15. The molecule has 3 aromatic rings. The van der Waals surface area contributed by atoms with Gasteiger partial charge < -0.3 is 5.32 Å². The molecule has 1 amide bonds. The first kappa shape index (κ1) is 16.3. The van der Waals surface area contributed by atoms with Crippen LogP contribution in [-0.4, -0.2) is 15.7 Å². The average Bonchev–Trinajstić information content (AvgIpc) is 3.04. The third-order valence-corrected chi connectivity index (χ3v) is 4.11. The number of nitrogens with one attached hydrogen (secondary N) is 1. The van der Waals surface area contributed by atoms with Crippen molar-refractivity contribution in [1.82, 2.24) is 15.1 Å². The van der Waals surface area contributed by atoms with E-state index in [4.69, 9.17) is 11.6 Å². The van der Waals surface area contributed by atoms with Gasteiger partial charge in [-0.3, -0.25) is 4.79 Å². The van der Waals surface area contributed by atoms with Crippen molar-refractivity contribution in [3.63, 3.8) is 0 Å². The Labute approximate surface area is 146 Å². The number of amides is 1. The highest BCUT2D eigenvalue weighted by Gasteiger charge is 2.13. The summed E-state index contributed by atoms with van der Waals surface area (Å²) in [6, 6.07) is 17.2. The van der Waals surface area contributed by atoms with Crippen molar-refractivity contribution in [2.45, 2.75) is 19.4 Å². The molecule has 1 unspecified atom stereocenters. The lowest BCUT2D eigenvalue weighted by Crippen LogP contribution is -2.28. The molecule has 3 rings (SSSR count). The molecule has 0 saturated carbocycles. The second-order valence-electron chi connectivity index (χ2n) is 5.62. The predicted octanol–water partition coefficient (Wildman–Crippen LogP) is 3.95. The van der Waals surface area contributed by atoms with E-state index in [0.717, 1.165) is 16.8 Å². The minimum absolute atomic E-state index is 0.0602. The molecule has 122 valence electrons. The quantitative estimate of drug-likeness (QED) is 0.765. The number of nitrogens with zero attached hydrogens (tertiary/aromatic N) is 2. The third-order valence-electron chi connectivity index (χ3n) is 3.77. The standard InChI is InChI=1S/C19H18ClN3O/c1-14(17-9-5-6-10-18(17)20)22-19(24)11-15-12-21-23(13-15)16-7-3-2-4-8-16/h2-10,12-14H,11H2,1H3,(H,22,24). The van der Waals surface area contributed by atoms with Crippen LogP contribution in [0.2, 0.25) is 5.02 Å². The van der Waals surface area contributed by atoms with Crippen molar-refractivity contribution in [3.05, 3.63) is 83.1 Å². The van der Waals surface area contributed by atoms with Crippen LogP contribution in [0.25, 0.3) is 5.69 Å². The number of aromatic nitrogens is 2. The summed E-state index contributed by atoms with van der Waals surface area (Å²) in [7, 11) is 0. The summed E-state index contributed by atoms with van der Waals surface area (Å²) < 4.78 is 1.76. The summed E-state index contributed by atoms with van der Waals surface area (Å²) in [6.45, 7) is 1.92. The first-order chi connectivity index (χ1) is 11.6. The summed E-state index contributed by atoms with van der Waals surface area (Å²) in [4.78, 5) is 12.3. The highest BCUT2D eigenvalue weighted by atomic mass is 35.5. The Balaban J connectivity index is 1.63. The zero-order valence-electron chi connectivity index (χ0n) is 13.3. The smallest absolute Gasteiger partial charge is 0.225 e. The molecule has 0 fully saturated rings. The molecule has 24 heavy (non-hydrogen) atoms. The molecule has 0 aliphatic heterocycles. The molecule has 1 heterocycles. The lowest BCUT2D eigenvalue weighted by molar-refractivity contribution is -0.121. The first-order valence-electron chi connectivity index (χ1n) is 7.76. The largest absolute Gasteiger partial charge is 0.349 e. The van der Waals surface area contributed by atoms with Crippen LogP contribution in [0.5, 0.6) is 0 Å². The van der Waals surface area contributed by atoms with Crippen LogP contribution in [0, 0.1) is 0 Å². The van der Waals surface area contributed by atoms with E-state index in [0.29, 0.717) is 5.02 Å². The van der Waals surface area contributed by atoms with Gasteiger partial charge in [0, 0.05) is 11.2 Å². The highest BCUT2D eigenvalue weighted by molar-refractivity contribution is 6.31. The van der Waals surface area contributed by atoms with Crippen LogP contribution in [-0.2, 0) is 11.2 Å². The van der Waals surface area contributed by atoms with Gasteiger partial charge in [-0.05, 0) is 36.2 Å². The Morgan fingerprint density at radius 3 is 2.62 bits per heavy atom. The molecule has 0 spiro atoms. The van der Waals surface area contributed by atoms with Gasteiger partial charge in [0.05, 0.1) is 24.3 Å². The normalized spacial score (nSPS) is 11.9. The number of para-hydroxylation sites is 1. The molecule has 0 radical (unpaired) electrons. The van der Waals surface area contributed by atoms with Crippen molar-refractivity contribution >= 4 is 17.5 Å². The van der Waals surface area contributed by atoms with Crippen molar-refractivity contribution in [1.29, 1.82) is 0 Å². The molecule has 4 nitrogen and oxygen atoms in total.